The summed E-state index contributed by atoms with van der Waals surface area (Å²) >= 11 is 1.17. The Morgan fingerprint density at radius 2 is 1.94 bits per heavy atom. The first-order valence-corrected chi connectivity index (χ1v) is 11.5. The zero-order valence-electron chi connectivity index (χ0n) is 18.5. The first kappa shape index (κ1) is 23.6. The molecule has 2 atom stereocenters. The second-order valence-corrected chi connectivity index (χ2v) is 8.51. The van der Waals surface area contributed by atoms with Gasteiger partial charge in [-0.2, -0.15) is 0 Å². The fourth-order valence-electron chi connectivity index (χ4n) is 3.59. The third-order valence-corrected chi connectivity index (χ3v) is 6.61. The largest absolute Gasteiger partial charge is 0.466 e. The summed E-state index contributed by atoms with van der Waals surface area (Å²) in [5.41, 5.74) is 5.97. The summed E-state index contributed by atoms with van der Waals surface area (Å²) in [5.74, 6) is -2.93. The number of carbonyl (C=O) groups excluding carboxylic acids is 4. The van der Waals surface area contributed by atoms with Crippen molar-refractivity contribution in [2.75, 3.05) is 19.0 Å². The number of amides is 2. The number of hydrogen-bond donors (Lipinski definition) is 2. The quantitative estimate of drug-likeness (QED) is 0.580. The number of H-pyrrole nitrogens is 1. The number of carbonyl (C=O) groups is 4. The molecule has 1 aromatic carbocycles. The number of aromatic amines is 1. The third-order valence-electron chi connectivity index (χ3n) is 5.32. The molecule has 0 bridgehead atoms. The summed E-state index contributed by atoms with van der Waals surface area (Å²) in [7, 11) is 0. The zero-order chi connectivity index (χ0) is 23.4. The number of esters is 2. The van der Waals surface area contributed by atoms with Crippen LogP contribution in [-0.2, 0) is 23.9 Å². The van der Waals surface area contributed by atoms with Crippen molar-refractivity contribution in [1.29, 1.82) is 0 Å². The first-order chi connectivity index (χ1) is 15.3. The molecular formula is C22H27N3O6S. The van der Waals surface area contributed by atoms with E-state index in [1.165, 1.54) is 11.8 Å². The van der Waals surface area contributed by atoms with Gasteiger partial charge in [0.05, 0.1) is 31.3 Å². The van der Waals surface area contributed by atoms with E-state index in [9.17, 15) is 19.2 Å². The molecule has 2 heterocycles. The van der Waals surface area contributed by atoms with Crippen molar-refractivity contribution in [3.8, 4) is 0 Å². The van der Waals surface area contributed by atoms with E-state index in [2.05, 4.69) is 10.4 Å². The number of hydrogen-bond acceptors (Lipinski definition) is 7. The molecule has 1 aliphatic rings. The molecule has 0 spiro atoms. The van der Waals surface area contributed by atoms with Crippen LogP contribution in [0.15, 0.2) is 18.2 Å². The Hall–Kier alpha value is -3.01. The van der Waals surface area contributed by atoms with Crippen molar-refractivity contribution in [2.45, 2.75) is 39.5 Å². The molecule has 172 valence electrons. The minimum Gasteiger partial charge on any atom is -0.466 e. The number of rotatable bonds is 8. The van der Waals surface area contributed by atoms with E-state index < -0.39 is 29.1 Å². The van der Waals surface area contributed by atoms with Crippen molar-refractivity contribution in [3.63, 3.8) is 0 Å². The highest BCUT2D eigenvalue weighted by Gasteiger charge is 2.43. The number of aryl methyl sites for hydroxylation is 2. The Bertz CT molecular complexity index is 1050. The van der Waals surface area contributed by atoms with Gasteiger partial charge in [-0.1, -0.05) is 0 Å². The van der Waals surface area contributed by atoms with Gasteiger partial charge < -0.3 is 14.5 Å². The number of benzene rings is 1. The van der Waals surface area contributed by atoms with E-state index in [4.69, 9.17) is 9.47 Å². The molecule has 0 saturated carbocycles. The maximum absolute atomic E-state index is 13.0. The molecule has 0 radical (unpaired) electrons. The Kier molecular flexibility index (Phi) is 7.44. The number of nitrogens with zero attached hydrogens (tertiary/aromatic N) is 1. The minimum absolute atomic E-state index is 0.0683. The lowest BCUT2D eigenvalue weighted by atomic mass is 10.1. The Morgan fingerprint density at radius 1 is 1.22 bits per heavy atom. The molecule has 0 unspecified atom stereocenters. The highest BCUT2D eigenvalue weighted by atomic mass is 32.2. The molecule has 3 rings (SSSR count). The summed E-state index contributed by atoms with van der Waals surface area (Å²) in [4.78, 5) is 53.4. The zero-order valence-corrected chi connectivity index (χ0v) is 19.3. The summed E-state index contributed by atoms with van der Waals surface area (Å²) < 4.78 is 10.1. The number of thioether (sulfide) groups is 1. The van der Waals surface area contributed by atoms with Crippen LogP contribution in [0.2, 0.25) is 0 Å². The molecule has 32 heavy (non-hydrogen) atoms. The predicted molar refractivity (Wildman–Crippen MR) is 120 cm³/mol. The van der Waals surface area contributed by atoms with Gasteiger partial charge in [-0.15, -0.1) is 11.8 Å². The molecule has 2 aromatic rings. The van der Waals surface area contributed by atoms with Crippen LogP contribution in [0.4, 0.5) is 0 Å². The summed E-state index contributed by atoms with van der Waals surface area (Å²) in [6.07, 6.45) is -0.252. The minimum atomic E-state index is -0.970. The normalized spacial score (nSPS) is 16.8. The van der Waals surface area contributed by atoms with Crippen molar-refractivity contribution >= 4 is 46.4 Å². The van der Waals surface area contributed by atoms with E-state index in [-0.39, 0.29) is 31.3 Å². The standard InChI is InChI=1S/C22H27N3O6S/c1-5-30-19(27)10-16(22(29)31-6-2)21-25(18(26)11-32-21)24-20(28)14-7-8-17-15(9-14)12(3)13(4)23-17/h7-9,16,21,23H,5-6,10-11H2,1-4H3,(H,24,28)/t16-,21+/m0/s1. The molecule has 1 saturated heterocycles. The van der Waals surface area contributed by atoms with E-state index in [1.54, 1.807) is 26.0 Å². The Labute approximate surface area is 190 Å². The van der Waals surface area contributed by atoms with Gasteiger partial charge in [0.15, 0.2) is 0 Å². The lowest BCUT2D eigenvalue weighted by Gasteiger charge is -2.29. The van der Waals surface area contributed by atoms with Crippen LogP contribution < -0.4 is 5.43 Å². The van der Waals surface area contributed by atoms with Crippen LogP contribution in [0, 0.1) is 19.8 Å². The third kappa shape index (κ3) is 4.90. The fraction of sp³-hybridized carbons (Fsp3) is 0.455. The first-order valence-electron chi connectivity index (χ1n) is 10.4. The average Bonchev–Trinajstić information content (AvgIpc) is 3.25. The number of hydrazine groups is 1. The second kappa shape index (κ2) is 10.1. The second-order valence-electron chi connectivity index (χ2n) is 7.41. The molecule has 2 amide bonds. The van der Waals surface area contributed by atoms with Gasteiger partial charge in [0.25, 0.3) is 11.8 Å². The Balaban J connectivity index is 1.83. The van der Waals surface area contributed by atoms with Gasteiger partial charge in [-0.05, 0) is 51.5 Å². The van der Waals surface area contributed by atoms with Gasteiger partial charge in [-0.25, -0.2) is 5.01 Å². The van der Waals surface area contributed by atoms with E-state index >= 15 is 0 Å². The number of fused-ring (bicyclic) bond motifs is 1. The summed E-state index contributed by atoms with van der Waals surface area (Å²) in [5, 5.41) is 1.27. The van der Waals surface area contributed by atoms with Crippen molar-refractivity contribution in [1.82, 2.24) is 15.4 Å². The number of nitrogens with one attached hydrogen (secondary N) is 2. The molecule has 0 aliphatic carbocycles. The van der Waals surface area contributed by atoms with Crippen LogP contribution >= 0.6 is 11.8 Å². The molecule has 1 fully saturated rings. The molecule has 1 aromatic heterocycles. The highest BCUT2D eigenvalue weighted by molar-refractivity contribution is 8.01. The van der Waals surface area contributed by atoms with E-state index in [0.29, 0.717) is 5.56 Å². The van der Waals surface area contributed by atoms with Crippen molar-refractivity contribution in [2.24, 2.45) is 5.92 Å². The molecule has 1 aliphatic heterocycles. The highest BCUT2D eigenvalue weighted by Crippen LogP contribution is 2.33. The molecular weight excluding hydrogens is 434 g/mol. The maximum Gasteiger partial charge on any atom is 0.312 e. The van der Waals surface area contributed by atoms with Gasteiger partial charge in [0.1, 0.15) is 5.37 Å². The van der Waals surface area contributed by atoms with Crippen molar-refractivity contribution in [3.05, 3.63) is 35.0 Å². The van der Waals surface area contributed by atoms with Gasteiger partial charge >= 0.3 is 11.9 Å². The lowest BCUT2D eigenvalue weighted by molar-refractivity contribution is -0.157. The topological polar surface area (TPSA) is 118 Å². The number of ether oxygens (including phenoxy) is 2. The smallest absolute Gasteiger partial charge is 0.312 e. The number of aromatic nitrogens is 1. The predicted octanol–water partition coefficient (Wildman–Crippen LogP) is 2.46. The SMILES string of the molecule is CCOC(=O)C[C@H](C(=O)OCC)[C@H]1SCC(=O)N1NC(=O)c1ccc2[nH]c(C)c(C)c2c1. The van der Waals surface area contributed by atoms with Crippen LogP contribution in [0.25, 0.3) is 10.9 Å². The summed E-state index contributed by atoms with van der Waals surface area (Å²) in [6, 6.07) is 5.23. The van der Waals surface area contributed by atoms with Gasteiger partial charge in [-0.3, -0.25) is 24.6 Å². The fourth-order valence-corrected chi connectivity index (χ4v) is 4.80. The van der Waals surface area contributed by atoms with E-state index in [0.717, 1.165) is 27.2 Å². The molecule has 2 N–H and O–H groups in total. The van der Waals surface area contributed by atoms with Crippen molar-refractivity contribution < 1.29 is 28.7 Å². The monoisotopic (exact) mass is 461 g/mol. The average molecular weight is 462 g/mol. The van der Waals surface area contributed by atoms with Crippen LogP contribution in [0.1, 0.15) is 41.9 Å². The Morgan fingerprint density at radius 3 is 2.62 bits per heavy atom. The molecule has 10 heteroatoms. The van der Waals surface area contributed by atoms with Crippen LogP contribution in [0.5, 0.6) is 0 Å². The van der Waals surface area contributed by atoms with E-state index in [1.807, 2.05) is 19.9 Å². The van der Waals surface area contributed by atoms with Crippen LogP contribution in [-0.4, -0.2) is 58.1 Å². The lowest BCUT2D eigenvalue weighted by Crippen LogP contribution is -2.51. The summed E-state index contributed by atoms with van der Waals surface area (Å²) in [6.45, 7) is 7.55. The molecule has 9 nitrogen and oxygen atoms in total. The van der Waals surface area contributed by atoms with Gasteiger partial charge in [0.2, 0.25) is 0 Å². The maximum atomic E-state index is 13.0. The van der Waals surface area contributed by atoms with Crippen LogP contribution in [0.3, 0.4) is 0 Å². The van der Waals surface area contributed by atoms with Gasteiger partial charge in [0, 0.05) is 22.2 Å².